The van der Waals surface area contributed by atoms with Gasteiger partial charge in [-0.1, -0.05) is 12.1 Å². The zero-order valence-electron chi connectivity index (χ0n) is 12.9. The SMILES string of the molecule is CC(C)(C)NCc1cccc(OCC2CCOCC2)c1. The van der Waals surface area contributed by atoms with Crippen molar-refractivity contribution in [2.75, 3.05) is 19.8 Å². The molecule has 0 unspecified atom stereocenters. The van der Waals surface area contributed by atoms with Crippen LogP contribution in [0.25, 0.3) is 0 Å². The monoisotopic (exact) mass is 277 g/mol. The minimum Gasteiger partial charge on any atom is -0.493 e. The molecule has 0 bridgehead atoms. The van der Waals surface area contributed by atoms with Gasteiger partial charge in [0.25, 0.3) is 0 Å². The van der Waals surface area contributed by atoms with Crippen LogP contribution >= 0.6 is 0 Å². The summed E-state index contributed by atoms with van der Waals surface area (Å²) in [6.45, 7) is 9.97. The van der Waals surface area contributed by atoms with Crippen molar-refractivity contribution in [1.29, 1.82) is 0 Å². The lowest BCUT2D eigenvalue weighted by molar-refractivity contribution is 0.0497. The average Bonchev–Trinajstić information content (AvgIpc) is 2.44. The minimum atomic E-state index is 0.138. The molecular formula is C17H27NO2. The first-order valence-electron chi connectivity index (χ1n) is 7.57. The fourth-order valence-electron chi connectivity index (χ4n) is 2.24. The Labute approximate surface area is 122 Å². The second-order valence-corrected chi connectivity index (χ2v) is 6.62. The molecule has 0 amide bonds. The van der Waals surface area contributed by atoms with Crippen molar-refractivity contribution < 1.29 is 9.47 Å². The molecule has 0 spiro atoms. The summed E-state index contributed by atoms with van der Waals surface area (Å²) in [4.78, 5) is 0. The summed E-state index contributed by atoms with van der Waals surface area (Å²) < 4.78 is 11.3. The van der Waals surface area contributed by atoms with E-state index in [-0.39, 0.29) is 5.54 Å². The van der Waals surface area contributed by atoms with Gasteiger partial charge in [0.05, 0.1) is 6.61 Å². The second kappa shape index (κ2) is 7.09. The van der Waals surface area contributed by atoms with E-state index >= 15 is 0 Å². The lowest BCUT2D eigenvalue weighted by Crippen LogP contribution is -2.35. The highest BCUT2D eigenvalue weighted by molar-refractivity contribution is 5.28. The van der Waals surface area contributed by atoms with E-state index in [1.807, 2.05) is 6.07 Å². The van der Waals surface area contributed by atoms with Crippen molar-refractivity contribution >= 4 is 0 Å². The Morgan fingerprint density at radius 3 is 2.70 bits per heavy atom. The van der Waals surface area contributed by atoms with Crippen LogP contribution in [0.2, 0.25) is 0 Å². The lowest BCUT2D eigenvalue weighted by atomic mass is 10.0. The van der Waals surface area contributed by atoms with Crippen molar-refractivity contribution in [1.82, 2.24) is 5.32 Å². The molecular weight excluding hydrogens is 250 g/mol. The van der Waals surface area contributed by atoms with Crippen LogP contribution in [-0.2, 0) is 11.3 Å². The summed E-state index contributed by atoms with van der Waals surface area (Å²) in [7, 11) is 0. The van der Waals surface area contributed by atoms with Crippen molar-refractivity contribution in [3.05, 3.63) is 29.8 Å². The van der Waals surface area contributed by atoms with E-state index in [0.717, 1.165) is 45.0 Å². The summed E-state index contributed by atoms with van der Waals surface area (Å²) in [6, 6.07) is 8.39. The summed E-state index contributed by atoms with van der Waals surface area (Å²) in [5.41, 5.74) is 1.41. The number of benzene rings is 1. The molecule has 1 aliphatic heterocycles. The van der Waals surface area contributed by atoms with Crippen LogP contribution in [0.3, 0.4) is 0 Å². The third-order valence-electron chi connectivity index (χ3n) is 3.55. The Bertz CT molecular complexity index is 406. The van der Waals surface area contributed by atoms with Crippen LogP contribution in [0.4, 0.5) is 0 Å². The van der Waals surface area contributed by atoms with Crippen molar-refractivity contribution in [2.45, 2.75) is 45.7 Å². The van der Waals surface area contributed by atoms with Gasteiger partial charge in [0.1, 0.15) is 5.75 Å². The molecule has 112 valence electrons. The summed E-state index contributed by atoms with van der Waals surface area (Å²) >= 11 is 0. The van der Waals surface area contributed by atoms with Gasteiger partial charge < -0.3 is 14.8 Å². The van der Waals surface area contributed by atoms with Crippen molar-refractivity contribution in [3.8, 4) is 5.75 Å². The molecule has 20 heavy (non-hydrogen) atoms. The Hall–Kier alpha value is -1.06. The predicted molar refractivity (Wildman–Crippen MR) is 82.1 cm³/mol. The van der Waals surface area contributed by atoms with Crippen LogP contribution in [0.15, 0.2) is 24.3 Å². The molecule has 1 aliphatic rings. The van der Waals surface area contributed by atoms with E-state index in [9.17, 15) is 0 Å². The maximum atomic E-state index is 5.93. The average molecular weight is 277 g/mol. The highest BCUT2D eigenvalue weighted by Gasteiger charge is 2.14. The Morgan fingerprint density at radius 2 is 2.00 bits per heavy atom. The van der Waals surface area contributed by atoms with Crippen LogP contribution in [0.1, 0.15) is 39.2 Å². The van der Waals surface area contributed by atoms with E-state index < -0.39 is 0 Å². The van der Waals surface area contributed by atoms with Gasteiger partial charge in [0.2, 0.25) is 0 Å². The molecule has 1 heterocycles. The molecule has 0 aliphatic carbocycles. The normalized spacial score (nSPS) is 17.1. The molecule has 1 fully saturated rings. The predicted octanol–water partition coefficient (Wildman–Crippen LogP) is 3.38. The van der Waals surface area contributed by atoms with Gasteiger partial charge >= 0.3 is 0 Å². The molecule has 1 aromatic rings. The van der Waals surface area contributed by atoms with Gasteiger partial charge in [-0.15, -0.1) is 0 Å². The number of ether oxygens (including phenoxy) is 2. The quantitative estimate of drug-likeness (QED) is 0.895. The smallest absolute Gasteiger partial charge is 0.119 e. The van der Waals surface area contributed by atoms with Gasteiger partial charge in [-0.3, -0.25) is 0 Å². The zero-order chi connectivity index (χ0) is 14.4. The maximum absolute atomic E-state index is 5.93. The topological polar surface area (TPSA) is 30.5 Å². The molecule has 3 heteroatoms. The standard InChI is InChI=1S/C17H27NO2/c1-17(2,3)18-12-15-5-4-6-16(11-15)20-13-14-7-9-19-10-8-14/h4-6,11,14,18H,7-10,12-13H2,1-3H3. The molecule has 3 nitrogen and oxygen atoms in total. The van der Waals surface area contributed by atoms with Crippen LogP contribution in [0, 0.1) is 5.92 Å². The first kappa shape index (κ1) is 15.3. The Kier molecular flexibility index (Phi) is 5.44. The highest BCUT2D eigenvalue weighted by atomic mass is 16.5. The fraction of sp³-hybridized carbons (Fsp3) is 0.647. The molecule has 1 aromatic carbocycles. The molecule has 0 saturated carbocycles. The number of hydrogen-bond donors (Lipinski definition) is 1. The second-order valence-electron chi connectivity index (χ2n) is 6.62. The summed E-state index contributed by atoms with van der Waals surface area (Å²) in [5, 5.41) is 3.50. The zero-order valence-corrected chi connectivity index (χ0v) is 12.9. The number of hydrogen-bond acceptors (Lipinski definition) is 3. The van der Waals surface area contributed by atoms with Crippen LogP contribution in [-0.4, -0.2) is 25.4 Å². The maximum Gasteiger partial charge on any atom is 0.119 e. The van der Waals surface area contributed by atoms with E-state index in [0.29, 0.717) is 5.92 Å². The number of rotatable bonds is 5. The van der Waals surface area contributed by atoms with Crippen molar-refractivity contribution in [2.24, 2.45) is 5.92 Å². The Balaban J connectivity index is 1.82. The van der Waals surface area contributed by atoms with Crippen LogP contribution < -0.4 is 10.1 Å². The van der Waals surface area contributed by atoms with E-state index in [2.05, 4.69) is 44.3 Å². The van der Waals surface area contributed by atoms with Gasteiger partial charge in [-0.25, -0.2) is 0 Å². The molecule has 1 saturated heterocycles. The lowest BCUT2D eigenvalue weighted by Gasteiger charge is -2.22. The molecule has 0 aromatic heterocycles. The fourth-order valence-corrected chi connectivity index (χ4v) is 2.24. The third-order valence-corrected chi connectivity index (χ3v) is 3.55. The van der Waals surface area contributed by atoms with Gasteiger partial charge in [0, 0.05) is 25.3 Å². The van der Waals surface area contributed by atoms with Crippen LogP contribution in [0.5, 0.6) is 5.75 Å². The first-order chi connectivity index (χ1) is 9.53. The Morgan fingerprint density at radius 1 is 1.25 bits per heavy atom. The van der Waals surface area contributed by atoms with E-state index in [1.165, 1.54) is 5.56 Å². The minimum absolute atomic E-state index is 0.138. The van der Waals surface area contributed by atoms with Gasteiger partial charge in [-0.05, 0) is 57.2 Å². The summed E-state index contributed by atoms with van der Waals surface area (Å²) in [6.07, 6.45) is 2.23. The molecule has 0 atom stereocenters. The van der Waals surface area contributed by atoms with E-state index in [1.54, 1.807) is 0 Å². The summed E-state index contributed by atoms with van der Waals surface area (Å²) in [5.74, 6) is 1.62. The highest BCUT2D eigenvalue weighted by Crippen LogP contribution is 2.19. The van der Waals surface area contributed by atoms with Crippen molar-refractivity contribution in [3.63, 3.8) is 0 Å². The van der Waals surface area contributed by atoms with Gasteiger partial charge in [-0.2, -0.15) is 0 Å². The number of nitrogens with one attached hydrogen (secondary N) is 1. The molecule has 0 radical (unpaired) electrons. The molecule has 1 N–H and O–H groups in total. The van der Waals surface area contributed by atoms with E-state index in [4.69, 9.17) is 9.47 Å². The van der Waals surface area contributed by atoms with Gasteiger partial charge in [0.15, 0.2) is 0 Å². The largest absolute Gasteiger partial charge is 0.493 e. The third kappa shape index (κ3) is 5.51. The molecule has 2 rings (SSSR count). The first-order valence-corrected chi connectivity index (χ1v) is 7.57.